The zero-order chi connectivity index (χ0) is 15.7. The van der Waals surface area contributed by atoms with Crippen LogP contribution in [0.4, 0.5) is 0 Å². The van der Waals surface area contributed by atoms with E-state index in [0.29, 0.717) is 47.4 Å². The second kappa shape index (κ2) is 5.79. The summed E-state index contributed by atoms with van der Waals surface area (Å²) in [6, 6.07) is 7.19. The molecular weight excluding hydrogens is 304 g/mol. The zero-order valence-electron chi connectivity index (χ0n) is 11.9. The van der Waals surface area contributed by atoms with Crippen LogP contribution in [0.5, 0.6) is 5.75 Å². The van der Waals surface area contributed by atoms with Gasteiger partial charge >= 0.3 is 0 Å². The fourth-order valence-corrected chi connectivity index (χ4v) is 2.63. The van der Waals surface area contributed by atoms with Crippen LogP contribution in [-0.4, -0.2) is 23.5 Å². The van der Waals surface area contributed by atoms with Gasteiger partial charge in [0.15, 0.2) is 5.49 Å². The predicted molar refractivity (Wildman–Crippen MR) is 79.1 cm³/mol. The Hall–Kier alpha value is -2.36. The van der Waals surface area contributed by atoms with Crippen LogP contribution in [0.1, 0.15) is 16.8 Å². The van der Waals surface area contributed by atoms with Crippen LogP contribution >= 0.6 is 11.6 Å². The molecule has 0 atom stereocenters. The summed E-state index contributed by atoms with van der Waals surface area (Å²) >= 11 is 6.22. The number of rotatable bonds is 2. The van der Waals surface area contributed by atoms with Crippen LogP contribution in [0.2, 0.25) is 5.02 Å². The third-order valence-electron chi connectivity index (χ3n) is 3.55. The first-order valence-corrected chi connectivity index (χ1v) is 7.05. The minimum absolute atomic E-state index is 0.0123. The molecule has 0 radical (unpaired) electrons. The van der Waals surface area contributed by atoms with E-state index in [9.17, 15) is 5.26 Å². The highest BCUT2D eigenvalue weighted by atomic mass is 35.5. The van der Waals surface area contributed by atoms with Crippen molar-refractivity contribution in [2.24, 2.45) is 0 Å². The van der Waals surface area contributed by atoms with Gasteiger partial charge in [0.05, 0.1) is 36.7 Å². The number of hydrogen-bond acceptors (Lipinski definition) is 5. The number of nitriles is 1. The summed E-state index contributed by atoms with van der Waals surface area (Å²) in [5.41, 5.74) is 2.27. The van der Waals surface area contributed by atoms with Gasteiger partial charge in [-0.3, -0.25) is 5.41 Å². The van der Waals surface area contributed by atoms with Gasteiger partial charge in [0.1, 0.15) is 17.4 Å². The van der Waals surface area contributed by atoms with Gasteiger partial charge in [-0.2, -0.15) is 10.4 Å². The largest absolute Gasteiger partial charge is 0.497 e. The molecular formula is C15H13ClN4O2. The van der Waals surface area contributed by atoms with E-state index in [-0.39, 0.29) is 5.49 Å². The molecule has 2 aromatic rings. The molecule has 0 fully saturated rings. The van der Waals surface area contributed by atoms with Gasteiger partial charge in [0.2, 0.25) is 0 Å². The third-order valence-corrected chi connectivity index (χ3v) is 3.87. The summed E-state index contributed by atoms with van der Waals surface area (Å²) in [5.74, 6) is 0.598. The Morgan fingerprint density at radius 3 is 3.05 bits per heavy atom. The highest BCUT2D eigenvalue weighted by Gasteiger charge is 2.20. The summed E-state index contributed by atoms with van der Waals surface area (Å²) < 4.78 is 11.9. The lowest BCUT2D eigenvalue weighted by Gasteiger charge is -2.19. The van der Waals surface area contributed by atoms with Crippen molar-refractivity contribution >= 4 is 11.6 Å². The van der Waals surface area contributed by atoms with E-state index in [4.69, 9.17) is 26.5 Å². The van der Waals surface area contributed by atoms with Crippen LogP contribution < -0.4 is 10.2 Å². The third kappa shape index (κ3) is 2.34. The maximum atomic E-state index is 9.41. The van der Waals surface area contributed by atoms with E-state index >= 15 is 0 Å². The number of fused-ring (bicyclic) bond motifs is 1. The molecule has 112 valence electrons. The maximum absolute atomic E-state index is 9.41. The zero-order valence-corrected chi connectivity index (χ0v) is 12.6. The summed E-state index contributed by atoms with van der Waals surface area (Å²) in [7, 11) is 1.55. The van der Waals surface area contributed by atoms with E-state index in [1.165, 1.54) is 4.68 Å². The number of benzene rings is 1. The molecule has 1 aliphatic rings. The SMILES string of the molecule is COc1ccc(Cl)c(-n2nc3c(c(C#N)c2=N)CCOC3)c1. The number of ether oxygens (including phenoxy) is 2. The van der Waals surface area contributed by atoms with Gasteiger partial charge < -0.3 is 9.47 Å². The number of methoxy groups -OCH3 is 1. The Morgan fingerprint density at radius 2 is 2.32 bits per heavy atom. The smallest absolute Gasteiger partial charge is 0.165 e. The second-order valence-electron chi connectivity index (χ2n) is 4.79. The Balaban J connectivity index is 2.29. The molecule has 22 heavy (non-hydrogen) atoms. The highest BCUT2D eigenvalue weighted by Crippen LogP contribution is 2.25. The van der Waals surface area contributed by atoms with Crippen LogP contribution in [0.3, 0.4) is 0 Å². The fourth-order valence-electron chi connectivity index (χ4n) is 2.43. The van der Waals surface area contributed by atoms with Gasteiger partial charge in [-0.15, -0.1) is 0 Å². The number of hydrogen-bond donors (Lipinski definition) is 1. The first-order chi connectivity index (χ1) is 10.7. The summed E-state index contributed by atoms with van der Waals surface area (Å²) in [4.78, 5) is 0. The summed E-state index contributed by atoms with van der Waals surface area (Å²) in [6.45, 7) is 0.860. The van der Waals surface area contributed by atoms with Crippen molar-refractivity contribution in [1.29, 1.82) is 10.7 Å². The molecule has 0 spiro atoms. The van der Waals surface area contributed by atoms with Gasteiger partial charge in [0, 0.05) is 11.6 Å². The van der Waals surface area contributed by atoms with Crippen molar-refractivity contribution in [1.82, 2.24) is 9.78 Å². The Morgan fingerprint density at radius 1 is 1.50 bits per heavy atom. The molecule has 0 aliphatic carbocycles. The lowest BCUT2D eigenvalue weighted by atomic mass is 10.0. The molecule has 1 aromatic heterocycles. The molecule has 0 unspecified atom stereocenters. The summed E-state index contributed by atoms with van der Waals surface area (Å²) in [6.07, 6.45) is 0.587. The maximum Gasteiger partial charge on any atom is 0.165 e. The molecule has 1 N–H and O–H groups in total. The number of nitrogens with zero attached hydrogens (tertiary/aromatic N) is 3. The molecule has 2 heterocycles. The number of nitrogens with one attached hydrogen (secondary N) is 1. The summed E-state index contributed by atoms with van der Waals surface area (Å²) in [5, 5.41) is 22.6. The Labute approximate surface area is 132 Å². The lowest BCUT2D eigenvalue weighted by Crippen LogP contribution is -2.30. The Bertz CT molecular complexity index is 839. The van der Waals surface area contributed by atoms with Gasteiger partial charge in [-0.05, 0) is 18.6 Å². The van der Waals surface area contributed by atoms with Gasteiger partial charge in [-0.1, -0.05) is 11.6 Å². The molecule has 0 amide bonds. The molecule has 7 heteroatoms. The average Bonchev–Trinajstić information content (AvgIpc) is 2.55. The van der Waals surface area contributed by atoms with Crippen LogP contribution in [-0.2, 0) is 17.8 Å². The molecule has 1 aliphatic heterocycles. The minimum atomic E-state index is 0.0123. The van der Waals surface area contributed by atoms with Crippen molar-refractivity contribution in [2.75, 3.05) is 13.7 Å². The van der Waals surface area contributed by atoms with Crippen molar-refractivity contribution in [2.45, 2.75) is 13.0 Å². The topological polar surface area (TPSA) is 83.9 Å². The lowest BCUT2D eigenvalue weighted by molar-refractivity contribution is 0.105. The van der Waals surface area contributed by atoms with Crippen LogP contribution in [0.25, 0.3) is 5.69 Å². The van der Waals surface area contributed by atoms with Crippen molar-refractivity contribution in [3.63, 3.8) is 0 Å². The van der Waals surface area contributed by atoms with E-state index < -0.39 is 0 Å². The van der Waals surface area contributed by atoms with Crippen molar-refractivity contribution in [3.8, 4) is 17.5 Å². The number of halogens is 1. The molecule has 0 bridgehead atoms. The Kier molecular flexibility index (Phi) is 3.84. The van der Waals surface area contributed by atoms with Crippen LogP contribution in [0.15, 0.2) is 18.2 Å². The number of aromatic nitrogens is 2. The first kappa shape index (κ1) is 14.6. The molecule has 1 aromatic carbocycles. The van der Waals surface area contributed by atoms with Crippen molar-refractivity contribution < 1.29 is 9.47 Å². The van der Waals surface area contributed by atoms with E-state index in [2.05, 4.69) is 11.2 Å². The van der Waals surface area contributed by atoms with E-state index in [1.54, 1.807) is 25.3 Å². The second-order valence-corrected chi connectivity index (χ2v) is 5.20. The van der Waals surface area contributed by atoms with E-state index in [0.717, 1.165) is 5.56 Å². The quantitative estimate of drug-likeness (QED) is 0.918. The van der Waals surface area contributed by atoms with Gasteiger partial charge in [-0.25, -0.2) is 4.68 Å². The first-order valence-electron chi connectivity index (χ1n) is 6.67. The molecule has 0 saturated carbocycles. The normalized spacial score (nSPS) is 13.3. The average molecular weight is 317 g/mol. The molecule has 6 nitrogen and oxygen atoms in total. The van der Waals surface area contributed by atoms with Crippen LogP contribution in [0, 0.1) is 16.7 Å². The fraction of sp³-hybridized carbons (Fsp3) is 0.267. The van der Waals surface area contributed by atoms with E-state index in [1.807, 2.05) is 0 Å². The van der Waals surface area contributed by atoms with Gasteiger partial charge in [0.25, 0.3) is 0 Å². The monoisotopic (exact) mass is 316 g/mol. The molecule has 3 rings (SSSR count). The predicted octanol–water partition coefficient (Wildman–Crippen LogP) is 1.96. The minimum Gasteiger partial charge on any atom is -0.497 e. The highest BCUT2D eigenvalue weighted by molar-refractivity contribution is 6.32. The standard InChI is InChI=1S/C15H13ClN4O2/c1-21-9-2-3-12(16)14(6-9)20-15(18)11(7-17)10-4-5-22-8-13(10)19-20/h2-3,6,18H,4-5,8H2,1H3. The molecule has 0 saturated heterocycles. The van der Waals surface area contributed by atoms with Crippen molar-refractivity contribution in [3.05, 3.63) is 45.5 Å².